The number of hydrogen-bond donors (Lipinski definition) is 2. The van der Waals surface area contributed by atoms with E-state index in [2.05, 4.69) is 5.32 Å². The van der Waals surface area contributed by atoms with Crippen molar-refractivity contribution in [3.63, 3.8) is 0 Å². The van der Waals surface area contributed by atoms with Crippen molar-refractivity contribution in [3.8, 4) is 0 Å². The summed E-state index contributed by atoms with van der Waals surface area (Å²) in [5.74, 6) is -3.94. The Morgan fingerprint density at radius 1 is 1.38 bits per heavy atom. The van der Waals surface area contributed by atoms with Gasteiger partial charge in [-0.2, -0.15) is 8.78 Å². The molecule has 0 amide bonds. The van der Waals surface area contributed by atoms with Crippen LogP contribution in [0.3, 0.4) is 0 Å². The molecule has 0 bridgehead atoms. The minimum absolute atomic E-state index is 0.00784. The molecular formula is C7H14F4N2. The second kappa shape index (κ2) is 5.39. The van der Waals surface area contributed by atoms with Gasteiger partial charge < -0.3 is 11.1 Å². The monoisotopic (exact) mass is 202 g/mol. The molecule has 0 heterocycles. The predicted molar refractivity (Wildman–Crippen MR) is 42.0 cm³/mol. The lowest BCUT2D eigenvalue weighted by molar-refractivity contribution is -0.125. The highest BCUT2D eigenvalue weighted by atomic mass is 19.3. The van der Waals surface area contributed by atoms with Gasteiger partial charge in [-0.25, -0.2) is 8.78 Å². The van der Waals surface area contributed by atoms with E-state index in [9.17, 15) is 17.6 Å². The Balaban J connectivity index is 3.63. The third kappa shape index (κ3) is 5.05. The number of alkyl halides is 4. The van der Waals surface area contributed by atoms with Crippen molar-refractivity contribution in [1.82, 2.24) is 5.32 Å². The van der Waals surface area contributed by atoms with E-state index in [1.54, 1.807) is 6.92 Å². The minimum atomic E-state index is -3.95. The van der Waals surface area contributed by atoms with Gasteiger partial charge in [0.2, 0.25) is 0 Å². The highest BCUT2D eigenvalue weighted by Gasteiger charge is 2.39. The van der Waals surface area contributed by atoms with Gasteiger partial charge in [0.05, 0.1) is 6.54 Å². The molecule has 2 nitrogen and oxygen atoms in total. The van der Waals surface area contributed by atoms with Crippen LogP contribution in [-0.4, -0.2) is 32.0 Å². The van der Waals surface area contributed by atoms with Crippen LogP contribution in [0.4, 0.5) is 17.6 Å². The second-order valence-corrected chi connectivity index (χ2v) is 3.03. The highest BCUT2D eigenvalue weighted by molar-refractivity contribution is 4.72. The zero-order valence-electron chi connectivity index (χ0n) is 7.37. The predicted octanol–water partition coefficient (Wildman–Crippen LogP) is 1.07. The smallest absolute Gasteiger partial charge is 0.319 e. The average molecular weight is 202 g/mol. The van der Waals surface area contributed by atoms with E-state index < -0.39 is 18.9 Å². The standard InChI is InChI=1S/C7H14F4N2/c1-5(2-12)3-13-4-7(10,11)6(8)9/h5-6,13H,2-4,12H2,1H3. The van der Waals surface area contributed by atoms with Gasteiger partial charge >= 0.3 is 12.3 Å². The lowest BCUT2D eigenvalue weighted by atomic mass is 10.2. The Labute approximate surface area is 74.5 Å². The Kier molecular flexibility index (Phi) is 5.24. The molecule has 0 saturated heterocycles. The van der Waals surface area contributed by atoms with E-state index in [1.807, 2.05) is 0 Å². The van der Waals surface area contributed by atoms with E-state index >= 15 is 0 Å². The zero-order chi connectivity index (χ0) is 10.5. The lowest BCUT2D eigenvalue weighted by Crippen LogP contribution is -2.41. The molecular weight excluding hydrogens is 188 g/mol. The zero-order valence-corrected chi connectivity index (χ0v) is 7.37. The van der Waals surface area contributed by atoms with Gasteiger partial charge in [-0.05, 0) is 19.0 Å². The van der Waals surface area contributed by atoms with E-state index in [0.717, 1.165) is 0 Å². The molecule has 0 fully saturated rings. The third-order valence-corrected chi connectivity index (χ3v) is 1.58. The van der Waals surface area contributed by atoms with Crippen molar-refractivity contribution in [2.75, 3.05) is 19.6 Å². The maximum atomic E-state index is 12.3. The summed E-state index contributed by atoms with van der Waals surface area (Å²) >= 11 is 0. The molecule has 80 valence electrons. The van der Waals surface area contributed by atoms with E-state index in [4.69, 9.17) is 5.73 Å². The summed E-state index contributed by atoms with van der Waals surface area (Å²) < 4.78 is 47.7. The van der Waals surface area contributed by atoms with Crippen LogP contribution in [0, 0.1) is 5.92 Å². The Bertz CT molecular complexity index is 140. The number of rotatable bonds is 6. The summed E-state index contributed by atoms with van der Waals surface area (Å²) in [5, 5.41) is 2.25. The first-order chi connectivity index (χ1) is 5.90. The molecule has 0 aromatic rings. The summed E-state index contributed by atoms with van der Waals surface area (Å²) in [6.45, 7) is 1.30. The molecule has 0 spiro atoms. The summed E-state index contributed by atoms with van der Waals surface area (Å²) in [6.07, 6.45) is -3.62. The van der Waals surface area contributed by atoms with Crippen LogP contribution >= 0.6 is 0 Å². The Hall–Kier alpha value is -0.360. The first kappa shape index (κ1) is 12.6. The lowest BCUT2D eigenvalue weighted by Gasteiger charge is -2.17. The maximum absolute atomic E-state index is 12.3. The first-order valence-electron chi connectivity index (χ1n) is 3.97. The van der Waals surface area contributed by atoms with Gasteiger partial charge in [-0.15, -0.1) is 0 Å². The molecule has 0 aliphatic carbocycles. The molecule has 0 aromatic carbocycles. The van der Waals surface area contributed by atoms with Gasteiger partial charge in [0.15, 0.2) is 0 Å². The summed E-state index contributed by atoms with van der Waals surface area (Å²) in [5.41, 5.74) is 5.21. The van der Waals surface area contributed by atoms with Crippen LogP contribution in [0.2, 0.25) is 0 Å². The van der Waals surface area contributed by atoms with Crippen LogP contribution in [0.25, 0.3) is 0 Å². The van der Waals surface area contributed by atoms with Crippen molar-refractivity contribution in [2.45, 2.75) is 19.3 Å². The average Bonchev–Trinajstić information content (AvgIpc) is 2.03. The Morgan fingerprint density at radius 3 is 2.31 bits per heavy atom. The summed E-state index contributed by atoms with van der Waals surface area (Å²) in [4.78, 5) is 0. The fourth-order valence-electron chi connectivity index (χ4n) is 0.646. The number of nitrogens with one attached hydrogen (secondary N) is 1. The summed E-state index contributed by atoms with van der Waals surface area (Å²) in [6, 6.07) is 0. The molecule has 0 radical (unpaired) electrons. The molecule has 3 N–H and O–H groups in total. The molecule has 0 aromatic heterocycles. The van der Waals surface area contributed by atoms with Crippen molar-refractivity contribution >= 4 is 0 Å². The first-order valence-corrected chi connectivity index (χ1v) is 3.97. The normalized spacial score (nSPS) is 15.0. The summed E-state index contributed by atoms with van der Waals surface area (Å²) in [7, 11) is 0. The van der Waals surface area contributed by atoms with Crippen molar-refractivity contribution in [3.05, 3.63) is 0 Å². The van der Waals surface area contributed by atoms with Crippen LogP contribution < -0.4 is 11.1 Å². The second-order valence-electron chi connectivity index (χ2n) is 3.03. The van der Waals surface area contributed by atoms with Gasteiger partial charge in [0.25, 0.3) is 0 Å². The largest absolute Gasteiger partial charge is 0.330 e. The molecule has 0 rings (SSSR count). The van der Waals surface area contributed by atoms with Crippen molar-refractivity contribution in [2.24, 2.45) is 11.7 Å². The third-order valence-electron chi connectivity index (χ3n) is 1.58. The minimum Gasteiger partial charge on any atom is -0.330 e. The Morgan fingerprint density at radius 2 is 1.92 bits per heavy atom. The molecule has 0 aliphatic heterocycles. The van der Waals surface area contributed by atoms with Crippen LogP contribution in [0.15, 0.2) is 0 Å². The SMILES string of the molecule is CC(CN)CNCC(F)(F)C(F)F. The quantitative estimate of drug-likeness (QED) is 0.632. The fraction of sp³-hybridized carbons (Fsp3) is 1.00. The molecule has 1 unspecified atom stereocenters. The van der Waals surface area contributed by atoms with Gasteiger partial charge in [-0.1, -0.05) is 6.92 Å². The number of nitrogens with two attached hydrogens (primary N) is 1. The van der Waals surface area contributed by atoms with Gasteiger partial charge in [0, 0.05) is 0 Å². The van der Waals surface area contributed by atoms with E-state index in [1.165, 1.54) is 0 Å². The molecule has 0 aliphatic rings. The molecule has 0 saturated carbocycles. The van der Waals surface area contributed by atoms with Crippen molar-refractivity contribution in [1.29, 1.82) is 0 Å². The molecule has 1 atom stereocenters. The molecule has 13 heavy (non-hydrogen) atoms. The topological polar surface area (TPSA) is 38.0 Å². The van der Waals surface area contributed by atoms with Crippen LogP contribution in [0.5, 0.6) is 0 Å². The van der Waals surface area contributed by atoms with Crippen LogP contribution in [-0.2, 0) is 0 Å². The van der Waals surface area contributed by atoms with Crippen LogP contribution in [0.1, 0.15) is 6.92 Å². The van der Waals surface area contributed by atoms with Gasteiger partial charge in [0.1, 0.15) is 0 Å². The van der Waals surface area contributed by atoms with Crippen molar-refractivity contribution < 1.29 is 17.6 Å². The number of hydrogen-bond acceptors (Lipinski definition) is 2. The number of halogens is 4. The van der Waals surface area contributed by atoms with Gasteiger partial charge in [-0.3, -0.25) is 0 Å². The van der Waals surface area contributed by atoms with E-state index in [-0.39, 0.29) is 12.5 Å². The molecule has 6 heteroatoms. The highest BCUT2D eigenvalue weighted by Crippen LogP contribution is 2.21. The maximum Gasteiger partial charge on any atom is 0.319 e. The fourth-order valence-corrected chi connectivity index (χ4v) is 0.646. The van der Waals surface area contributed by atoms with E-state index in [0.29, 0.717) is 6.54 Å².